The first-order valence-electron chi connectivity index (χ1n) is 18.5. The van der Waals surface area contributed by atoms with E-state index in [9.17, 15) is 0 Å². The lowest BCUT2D eigenvalue weighted by atomic mass is 9.83. The van der Waals surface area contributed by atoms with Crippen molar-refractivity contribution < 1.29 is 8.83 Å². The summed E-state index contributed by atoms with van der Waals surface area (Å²) < 4.78 is 13.5. The average molecular weight is 687 g/mol. The van der Waals surface area contributed by atoms with Crippen LogP contribution in [0.2, 0.25) is 0 Å². The number of para-hydroxylation sites is 2. The molecule has 0 unspecified atom stereocenters. The summed E-state index contributed by atoms with van der Waals surface area (Å²) in [6.45, 7) is 0. The lowest BCUT2D eigenvalue weighted by molar-refractivity contribution is 0.670. The van der Waals surface area contributed by atoms with Crippen molar-refractivity contribution in [3.63, 3.8) is 0 Å². The highest BCUT2D eigenvalue weighted by molar-refractivity contribution is 6.29. The molecule has 0 bridgehead atoms. The Kier molecular flexibility index (Phi) is 6.09. The Morgan fingerprint density at radius 2 is 0.741 bits per heavy atom. The molecule has 0 aliphatic heterocycles. The van der Waals surface area contributed by atoms with Gasteiger partial charge in [0.05, 0.1) is 0 Å². The minimum Gasteiger partial charge on any atom is -0.455 e. The van der Waals surface area contributed by atoms with Gasteiger partial charge in [0.15, 0.2) is 0 Å². The second-order valence-corrected chi connectivity index (χ2v) is 14.3. The fourth-order valence-electron chi connectivity index (χ4n) is 9.17. The third-order valence-electron chi connectivity index (χ3n) is 11.5. The zero-order valence-electron chi connectivity index (χ0n) is 29.1. The van der Waals surface area contributed by atoms with Gasteiger partial charge in [-0.3, -0.25) is 0 Å². The number of hydrogen-bond acceptors (Lipinski definition) is 2. The summed E-state index contributed by atoms with van der Waals surface area (Å²) in [5.41, 5.74) is 10.7. The Morgan fingerprint density at radius 3 is 1.43 bits per heavy atom. The summed E-state index contributed by atoms with van der Waals surface area (Å²) >= 11 is 0. The van der Waals surface area contributed by atoms with Gasteiger partial charge in [-0.1, -0.05) is 158 Å². The molecule has 2 heterocycles. The first kappa shape index (κ1) is 29.4. The van der Waals surface area contributed by atoms with E-state index in [1.54, 1.807) is 0 Å². The highest BCUT2D eigenvalue weighted by Crippen LogP contribution is 2.49. The summed E-state index contributed by atoms with van der Waals surface area (Å²) in [5, 5.41) is 14.0. The van der Waals surface area contributed by atoms with Crippen LogP contribution in [-0.4, -0.2) is 0 Å². The van der Waals surface area contributed by atoms with E-state index in [-0.39, 0.29) is 0 Å². The van der Waals surface area contributed by atoms with E-state index in [4.69, 9.17) is 8.83 Å². The van der Waals surface area contributed by atoms with Crippen LogP contribution in [0.1, 0.15) is 0 Å². The summed E-state index contributed by atoms with van der Waals surface area (Å²) in [6, 6.07) is 65.5. The van der Waals surface area contributed by atoms with Crippen molar-refractivity contribution in [2.24, 2.45) is 0 Å². The fraction of sp³-hybridized carbons (Fsp3) is 0. The van der Waals surface area contributed by atoms with E-state index in [1.807, 2.05) is 12.1 Å². The molecular weight excluding hydrogens is 657 g/mol. The molecule has 12 aromatic rings. The number of benzene rings is 10. The maximum Gasteiger partial charge on any atom is 0.143 e. The van der Waals surface area contributed by atoms with Crippen molar-refractivity contribution >= 4 is 87.0 Å². The molecule has 0 atom stereocenters. The Balaban J connectivity index is 1.19. The minimum absolute atomic E-state index is 0.878. The second kappa shape index (κ2) is 11.2. The highest BCUT2D eigenvalue weighted by Gasteiger charge is 2.23. The van der Waals surface area contributed by atoms with E-state index in [0.717, 1.165) is 65.8 Å². The molecule has 0 fully saturated rings. The Labute approximate surface area is 310 Å². The minimum atomic E-state index is 0.878. The van der Waals surface area contributed by atoms with Crippen LogP contribution in [0.5, 0.6) is 0 Å². The van der Waals surface area contributed by atoms with Crippen molar-refractivity contribution in [3.05, 3.63) is 182 Å². The topological polar surface area (TPSA) is 26.3 Å². The van der Waals surface area contributed by atoms with E-state index in [0.29, 0.717) is 0 Å². The van der Waals surface area contributed by atoms with E-state index in [1.165, 1.54) is 54.6 Å². The van der Waals surface area contributed by atoms with Crippen molar-refractivity contribution in [1.82, 2.24) is 0 Å². The summed E-state index contributed by atoms with van der Waals surface area (Å²) in [4.78, 5) is 0. The number of furan rings is 2. The third kappa shape index (κ3) is 4.05. The summed E-state index contributed by atoms with van der Waals surface area (Å²) in [7, 11) is 0. The molecule has 2 aromatic heterocycles. The average Bonchev–Trinajstić information content (AvgIpc) is 3.82. The molecule has 2 nitrogen and oxygen atoms in total. The smallest absolute Gasteiger partial charge is 0.143 e. The predicted molar refractivity (Wildman–Crippen MR) is 227 cm³/mol. The Hall–Kier alpha value is -7.16. The molecule has 0 amide bonds. The molecule has 0 aliphatic rings. The van der Waals surface area contributed by atoms with Crippen molar-refractivity contribution in [2.45, 2.75) is 0 Å². The summed E-state index contributed by atoms with van der Waals surface area (Å²) in [5.74, 6) is 0. The maximum absolute atomic E-state index is 6.82. The molecule has 0 saturated carbocycles. The molecule has 54 heavy (non-hydrogen) atoms. The largest absolute Gasteiger partial charge is 0.455 e. The van der Waals surface area contributed by atoms with Crippen molar-refractivity contribution in [1.29, 1.82) is 0 Å². The first-order chi connectivity index (χ1) is 26.8. The van der Waals surface area contributed by atoms with Gasteiger partial charge in [0.2, 0.25) is 0 Å². The van der Waals surface area contributed by atoms with Crippen LogP contribution in [-0.2, 0) is 0 Å². The van der Waals surface area contributed by atoms with Crippen LogP contribution < -0.4 is 0 Å². The van der Waals surface area contributed by atoms with Crippen LogP contribution in [0.3, 0.4) is 0 Å². The third-order valence-corrected chi connectivity index (χ3v) is 11.5. The van der Waals surface area contributed by atoms with Gasteiger partial charge < -0.3 is 8.83 Å². The van der Waals surface area contributed by atoms with Gasteiger partial charge in [0.1, 0.15) is 22.3 Å². The summed E-state index contributed by atoms with van der Waals surface area (Å²) in [6.07, 6.45) is 0. The van der Waals surface area contributed by atoms with Gasteiger partial charge >= 0.3 is 0 Å². The first-order valence-corrected chi connectivity index (χ1v) is 18.5. The zero-order chi connectivity index (χ0) is 35.3. The number of hydrogen-bond donors (Lipinski definition) is 0. The molecule has 10 aromatic carbocycles. The normalized spacial score (nSPS) is 12.1. The predicted octanol–water partition coefficient (Wildman–Crippen LogP) is 15.1. The highest BCUT2D eigenvalue weighted by atomic mass is 16.3. The van der Waals surface area contributed by atoms with Crippen LogP contribution >= 0.6 is 0 Å². The monoisotopic (exact) mass is 686 g/mol. The van der Waals surface area contributed by atoms with Crippen LogP contribution in [0.25, 0.3) is 120 Å². The van der Waals surface area contributed by atoms with E-state index < -0.39 is 0 Å². The number of rotatable bonds is 3. The Bertz CT molecular complexity index is 3430. The van der Waals surface area contributed by atoms with Gasteiger partial charge in [-0.2, -0.15) is 0 Å². The van der Waals surface area contributed by atoms with Gasteiger partial charge in [0, 0.05) is 32.5 Å². The van der Waals surface area contributed by atoms with Crippen molar-refractivity contribution in [3.8, 4) is 33.4 Å². The van der Waals surface area contributed by atoms with E-state index >= 15 is 0 Å². The molecule has 250 valence electrons. The maximum atomic E-state index is 6.82. The second-order valence-electron chi connectivity index (χ2n) is 14.3. The molecule has 0 saturated heterocycles. The number of fused-ring (bicyclic) bond motifs is 12. The van der Waals surface area contributed by atoms with Crippen LogP contribution in [0, 0.1) is 0 Å². The zero-order valence-corrected chi connectivity index (χ0v) is 29.1. The van der Waals surface area contributed by atoms with Gasteiger partial charge in [-0.05, 0) is 89.8 Å². The van der Waals surface area contributed by atoms with E-state index in [2.05, 4.69) is 170 Å². The molecule has 0 radical (unpaired) electrons. The molecule has 2 heteroatoms. The van der Waals surface area contributed by atoms with Gasteiger partial charge in [-0.15, -0.1) is 0 Å². The van der Waals surface area contributed by atoms with Gasteiger partial charge in [0.25, 0.3) is 0 Å². The molecule has 12 rings (SSSR count). The lowest BCUT2D eigenvalue weighted by Crippen LogP contribution is -1.92. The molecule has 0 aliphatic carbocycles. The molecule has 0 N–H and O–H groups in total. The van der Waals surface area contributed by atoms with Gasteiger partial charge in [-0.25, -0.2) is 0 Å². The Morgan fingerprint density at radius 1 is 0.259 bits per heavy atom. The van der Waals surface area contributed by atoms with Crippen LogP contribution in [0.15, 0.2) is 191 Å². The molecule has 0 spiro atoms. The fourth-order valence-corrected chi connectivity index (χ4v) is 9.17. The standard InChI is InChI=1S/C52H30O2/c1-2-14-31(15-3-1)48-36-19-6-8-21-38(36)49(39-22-9-7-20-37(39)48)40-27-26-34(32-16-4-5-17-33(32)40)44-30-45-41(50-43-23-11-13-25-47(43)54-52(44)50)28-29-42-35-18-10-12-24-46(35)53-51(42)45/h1-30H. The quantitative estimate of drug-likeness (QED) is 0.173. The van der Waals surface area contributed by atoms with Crippen molar-refractivity contribution in [2.75, 3.05) is 0 Å². The lowest BCUT2D eigenvalue weighted by Gasteiger charge is -2.19. The SMILES string of the molecule is c1ccc(-c2c3ccccc3c(-c3ccc(-c4cc5c(ccc6c7ccccc7oc65)c5c4oc4ccccc45)c4ccccc34)c3ccccc23)cc1. The molecular formula is C52H30O2. The van der Waals surface area contributed by atoms with Crippen LogP contribution in [0.4, 0.5) is 0 Å².